The Morgan fingerprint density at radius 2 is 1.95 bits per heavy atom. The van der Waals surface area contributed by atoms with Crippen LogP contribution in [0.15, 0.2) is 48.8 Å². The SMILES string of the molecule is Cc1ccc2nc(CCNC(=O)c3ccccc3C)cn2c1. The number of benzene rings is 1. The van der Waals surface area contributed by atoms with Gasteiger partial charge in [-0.2, -0.15) is 0 Å². The minimum Gasteiger partial charge on any atom is -0.352 e. The molecule has 0 saturated heterocycles. The standard InChI is InChI=1S/C18H19N3O/c1-13-7-8-17-20-15(12-21(17)11-13)9-10-19-18(22)16-6-4-3-5-14(16)2/h3-8,11-12H,9-10H2,1-2H3,(H,19,22). The van der Waals surface area contributed by atoms with Gasteiger partial charge in [0.15, 0.2) is 0 Å². The molecule has 0 bridgehead atoms. The van der Waals surface area contributed by atoms with E-state index in [0.29, 0.717) is 6.54 Å². The minimum absolute atomic E-state index is 0.0299. The Kier molecular flexibility index (Phi) is 3.92. The number of hydrogen-bond acceptors (Lipinski definition) is 2. The van der Waals surface area contributed by atoms with Crippen molar-refractivity contribution in [1.82, 2.24) is 14.7 Å². The molecular formula is C18H19N3O. The average molecular weight is 293 g/mol. The van der Waals surface area contributed by atoms with Crippen LogP contribution < -0.4 is 5.32 Å². The Bertz CT molecular complexity index is 820. The van der Waals surface area contributed by atoms with E-state index in [9.17, 15) is 4.79 Å². The Labute approximate surface area is 129 Å². The van der Waals surface area contributed by atoms with Gasteiger partial charge in [0.05, 0.1) is 5.69 Å². The molecule has 1 aromatic carbocycles. The van der Waals surface area contributed by atoms with E-state index in [1.54, 1.807) is 0 Å². The molecule has 0 atom stereocenters. The number of amides is 1. The van der Waals surface area contributed by atoms with Crippen LogP contribution in [0, 0.1) is 13.8 Å². The summed E-state index contributed by atoms with van der Waals surface area (Å²) in [5, 5.41) is 2.96. The van der Waals surface area contributed by atoms with Crippen LogP contribution in [0.3, 0.4) is 0 Å². The van der Waals surface area contributed by atoms with E-state index in [0.717, 1.165) is 28.9 Å². The summed E-state index contributed by atoms with van der Waals surface area (Å²) in [7, 11) is 0. The third kappa shape index (κ3) is 3.01. The van der Waals surface area contributed by atoms with Gasteiger partial charge in [-0.1, -0.05) is 24.3 Å². The molecule has 4 heteroatoms. The Balaban J connectivity index is 1.62. The third-order valence-corrected chi connectivity index (χ3v) is 3.71. The van der Waals surface area contributed by atoms with Gasteiger partial charge in [0.2, 0.25) is 0 Å². The van der Waals surface area contributed by atoms with E-state index in [1.807, 2.05) is 53.9 Å². The van der Waals surface area contributed by atoms with Crippen LogP contribution in [0.25, 0.3) is 5.65 Å². The maximum Gasteiger partial charge on any atom is 0.251 e. The number of aromatic nitrogens is 2. The monoisotopic (exact) mass is 293 g/mol. The second-order valence-electron chi connectivity index (χ2n) is 5.52. The third-order valence-electron chi connectivity index (χ3n) is 3.71. The molecule has 0 unspecified atom stereocenters. The van der Waals surface area contributed by atoms with Crippen LogP contribution in [0.5, 0.6) is 0 Å². The topological polar surface area (TPSA) is 46.4 Å². The van der Waals surface area contributed by atoms with Gasteiger partial charge in [0.25, 0.3) is 5.91 Å². The van der Waals surface area contributed by atoms with Crippen molar-refractivity contribution in [3.63, 3.8) is 0 Å². The van der Waals surface area contributed by atoms with Crippen molar-refractivity contribution in [2.45, 2.75) is 20.3 Å². The van der Waals surface area contributed by atoms with Crippen molar-refractivity contribution in [2.24, 2.45) is 0 Å². The first-order valence-corrected chi connectivity index (χ1v) is 7.41. The lowest BCUT2D eigenvalue weighted by atomic mass is 10.1. The van der Waals surface area contributed by atoms with Gasteiger partial charge in [-0.25, -0.2) is 4.98 Å². The maximum absolute atomic E-state index is 12.1. The molecule has 0 aliphatic heterocycles. The molecule has 0 radical (unpaired) electrons. The van der Waals surface area contributed by atoms with Gasteiger partial charge in [0, 0.05) is 30.9 Å². The van der Waals surface area contributed by atoms with Crippen molar-refractivity contribution < 1.29 is 4.79 Å². The summed E-state index contributed by atoms with van der Waals surface area (Å²) in [5.74, 6) is -0.0299. The molecule has 2 heterocycles. The molecule has 3 rings (SSSR count). The highest BCUT2D eigenvalue weighted by atomic mass is 16.1. The molecule has 2 aromatic heterocycles. The average Bonchev–Trinajstić information content (AvgIpc) is 2.89. The zero-order valence-electron chi connectivity index (χ0n) is 12.8. The van der Waals surface area contributed by atoms with E-state index >= 15 is 0 Å². The van der Waals surface area contributed by atoms with Crippen molar-refractivity contribution in [3.05, 3.63) is 71.2 Å². The predicted octanol–water partition coefficient (Wildman–Crippen LogP) is 2.92. The first-order chi connectivity index (χ1) is 10.6. The summed E-state index contributed by atoms with van der Waals surface area (Å²) in [5.41, 5.74) is 4.84. The van der Waals surface area contributed by atoms with Crippen LogP contribution in [-0.2, 0) is 6.42 Å². The number of pyridine rings is 1. The zero-order valence-corrected chi connectivity index (χ0v) is 12.8. The molecule has 0 aliphatic rings. The number of nitrogens with zero attached hydrogens (tertiary/aromatic N) is 2. The van der Waals surface area contributed by atoms with E-state index in [-0.39, 0.29) is 5.91 Å². The van der Waals surface area contributed by atoms with Gasteiger partial charge in [0.1, 0.15) is 5.65 Å². The van der Waals surface area contributed by atoms with E-state index < -0.39 is 0 Å². The van der Waals surface area contributed by atoms with Crippen molar-refractivity contribution in [2.75, 3.05) is 6.54 Å². The number of imidazole rings is 1. The van der Waals surface area contributed by atoms with Crippen LogP contribution in [0.4, 0.5) is 0 Å². The van der Waals surface area contributed by atoms with Crippen molar-refractivity contribution in [3.8, 4) is 0 Å². The second kappa shape index (κ2) is 6.02. The largest absolute Gasteiger partial charge is 0.352 e. The molecule has 4 nitrogen and oxygen atoms in total. The van der Waals surface area contributed by atoms with Gasteiger partial charge in [-0.3, -0.25) is 4.79 Å². The van der Waals surface area contributed by atoms with Gasteiger partial charge in [-0.15, -0.1) is 0 Å². The van der Waals surface area contributed by atoms with E-state index in [2.05, 4.69) is 23.4 Å². The Hall–Kier alpha value is -2.62. The zero-order chi connectivity index (χ0) is 15.5. The van der Waals surface area contributed by atoms with Crippen LogP contribution in [0.2, 0.25) is 0 Å². The highest BCUT2D eigenvalue weighted by Crippen LogP contribution is 2.08. The Morgan fingerprint density at radius 3 is 2.77 bits per heavy atom. The number of carbonyl (C=O) groups is 1. The first-order valence-electron chi connectivity index (χ1n) is 7.41. The van der Waals surface area contributed by atoms with Gasteiger partial charge in [-0.05, 0) is 37.1 Å². The molecule has 0 saturated carbocycles. The number of nitrogens with one attached hydrogen (secondary N) is 1. The van der Waals surface area contributed by atoms with Crippen LogP contribution in [-0.4, -0.2) is 21.8 Å². The van der Waals surface area contributed by atoms with Gasteiger partial charge < -0.3 is 9.72 Å². The molecule has 22 heavy (non-hydrogen) atoms. The fourth-order valence-corrected chi connectivity index (χ4v) is 2.50. The van der Waals surface area contributed by atoms with Crippen molar-refractivity contribution >= 4 is 11.6 Å². The molecule has 0 aliphatic carbocycles. The van der Waals surface area contributed by atoms with E-state index in [1.165, 1.54) is 5.56 Å². The maximum atomic E-state index is 12.1. The predicted molar refractivity (Wildman–Crippen MR) is 87.1 cm³/mol. The molecule has 3 aromatic rings. The lowest BCUT2D eigenvalue weighted by molar-refractivity contribution is 0.0953. The molecule has 112 valence electrons. The van der Waals surface area contributed by atoms with Crippen molar-refractivity contribution in [1.29, 1.82) is 0 Å². The highest BCUT2D eigenvalue weighted by molar-refractivity contribution is 5.95. The molecule has 0 fully saturated rings. The fraction of sp³-hybridized carbons (Fsp3) is 0.222. The molecular weight excluding hydrogens is 274 g/mol. The lowest BCUT2D eigenvalue weighted by Crippen LogP contribution is -2.26. The Morgan fingerprint density at radius 1 is 1.14 bits per heavy atom. The number of fused-ring (bicyclic) bond motifs is 1. The van der Waals surface area contributed by atoms with Crippen LogP contribution in [0.1, 0.15) is 27.2 Å². The number of carbonyl (C=O) groups excluding carboxylic acids is 1. The summed E-state index contributed by atoms with van der Waals surface area (Å²) < 4.78 is 2.02. The summed E-state index contributed by atoms with van der Waals surface area (Å²) in [6.45, 7) is 4.58. The molecule has 0 spiro atoms. The molecule has 1 amide bonds. The highest BCUT2D eigenvalue weighted by Gasteiger charge is 2.08. The normalized spacial score (nSPS) is 10.8. The fourth-order valence-electron chi connectivity index (χ4n) is 2.50. The smallest absolute Gasteiger partial charge is 0.251 e. The number of aryl methyl sites for hydroxylation is 2. The second-order valence-corrected chi connectivity index (χ2v) is 5.52. The van der Waals surface area contributed by atoms with Crippen LogP contribution >= 0.6 is 0 Å². The van der Waals surface area contributed by atoms with Gasteiger partial charge >= 0.3 is 0 Å². The number of rotatable bonds is 4. The summed E-state index contributed by atoms with van der Waals surface area (Å²) >= 11 is 0. The first kappa shape index (κ1) is 14.3. The minimum atomic E-state index is -0.0299. The molecule has 1 N–H and O–H groups in total. The summed E-state index contributed by atoms with van der Waals surface area (Å²) in [6, 6.07) is 11.7. The van der Waals surface area contributed by atoms with E-state index in [4.69, 9.17) is 0 Å². The lowest BCUT2D eigenvalue weighted by Gasteiger charge is -2.06. The summed E-state index contributed by atoms with van der Waals surface area (Å²) in [4.78, 5) is 16.7. The quantitative estimate of drug-likeness (QED) is 0.804. The number of hydrogen-bond donors (Lipinski definition) is 1. The summed E-state index contributed by atoms with van der Waals surface area (Å²) in [6.07, 6.45) is 4.79.